The van der Waals surface area contributed by atoms with Gasteiger partial charge in [0.15, 0.2) is 0 Å². The van der Waals surface area contributed by atoms with Gasteiger partial charge >= 0.3 is 0 Å². The molecule has 0 unspecified atom stereocenters. The third-order valence-corrected chi connectivity index (χ3v) is 7.26. The van der Waals surface area contributed by atoms with Gasteiger partial charge in [0.1, 0.15) is 0 Å². The first kappa shape index (κ1) is 24.9. The van der Waals surface area contributed by atoms with Crippen molar-refractivity contribution in [3.05, 3.63) is 40.3 Å². The Morgan fingerprint density at radius 2 is 2.06 bits per heavy atom. The zero-order valence-corrected chi connectivity index (χ0v) is 21.2. The Balaban J connectivity index is 1.49. The lowest BCUT2D eigenvalue weighted by atomic mass is 9.88. The molecule has 0 aliphatic carbocycles. The van der Waals surface area contributed by atoms with Crippen LogP contribution in [0.15, 0.2) is 29.7 Å². The normalized spacial score (nSPS) is 19.0. The summed E-state index contributed by atoms with van der Waals surface area (Å²) >= 11 is 6.69. The van der Waals surface area contributed by atoms with Gasteiger partial charge in [0.2, 0.25) is 5.95 Å². The third kappa shape index (κ3) is 5.68. The van der Waals surface area contributed by atoms with E-state index in [1.54, 1.807) is 13.3 Å². The van der Waals surface area contributed by atoms with Crippen LogP contribution in [0.2, 0.25) is 5.02 Å². The highest BCUT2D eigenvalue weighted by molar-refractivity contribution is 6.32. The number of anilines is 1. The number of fused-ring (bicyclic) bond motifs is 1. The molecule has 0 amide bonds. The molecule has 0 spiro atoms. The second-order valence-electron chi connectivity index (χ2n) is 9.75. The van der Waals surface area contributed by atoms with E-state index < -0.39 is 0 Å². The van der Waals surface area contributed by atoms with E-state index >= 15 is 0 Å². The fourth-order valence-electron chi connectivity index (χ4n) is 4.32. The molecule has 2 saturated heterocycles. The molecule has 2 aliphatic heterocycles. The molecule has 0 radical (unpaired) electrons. The molecule has 2 fully saturated rings. The first-order valence-electron chi connectivity index (χ1n) is 11.8. The number of allylic oxidation sites excluding steroid dienone is 2. The second-order valence-corrected chi connectivity index (χ2v) is 10.2. The van der Waals surface area contributed by atoms with Crippen LogP contribution in [0.25, 0.3) is 10.9 Å². The summed E-state index contributed by atoms with van der Waals surface area (Å²) in [5.41, 5.74) is 3.12. The number of hydrogen-bond donors (Lipinski definition) is 3. The van der Waals surface area contributed by atoms with Crippen molar-refractivity contribution in [1.82, 2.24) is 20.2 Å². The van der Waals surface area contributed by atoms with Gasteiger partial charge < -0.3 is 25.5 Å². The van der Waals surface area contributed by atoms with Crippen molar-refractivity contribution >= 4 is 34.7 Å². The maximum Gasteiger partial charge on any atom is 0.227 e. The summed E-state index contributed by atoms with van der Waals surface area (Å²) in [6.07, 6.45) is 5.21. The van der Waals surface area contributed by atoms with Crippen molar-refractivity contribution in [2.75, 3.05) is 45.3 Å². The average molecular weight is 487 g/mol. The van der Waals surface area contributed by atoms with Gasteiger partial charge in [0.05, 0.1) is 36.1 Å². The predicted octanol–water partition coefficient (Wildman–Crippen LogP) is 4.17. The fraction of sp³-hybridized carbons (Fsp3) is 0.560. The Morgan fingerprint density at radius 3 is 2.68 bits per heavy atom. The third-order valence-electron chi connectivity index (χ3n) is 6.93. The van der Waals surface area contributed by atoms with Crippen LogP contribution in [0.5, 0.6) is 0 Å². The van der Waals surface area contributed by atoms with E-state index in [1.165, 1.54) is 6.21 Å². The highest BCUT2D eigenvalue weighted by Crippen LogP contribution is 2.36. The molecule has 34 heavy (non-hydrogen) atoms. The molecule has 3 heterocycles. The lowest BCUT2D eigenvalue weighted by Gasteiger charge is -2.41. The molecule has 184 valence electrons. The number of halogens is 1. The number of aromatic nitrogens is 2. The van der Waals surface area contributed by atoms with Crippen molar-refractivity contribution in [3.8, 4) is 0 Å². The number of likely N-dealkylation sites (tertiary alicyclic amines) is 1. The van der Waals surface area contributed by atoms with Crippen LogP contribution in [0.1, 0.15) is 45.1 Å². The van der Waals surface area contributed by atoms with E-state index in [0.717, 1.165) is 66.3 Å². The Kier molecular flexibility index (Phi) is 7.72. The molecule has 3 N–H and O–H groups in total. The predicted molar refractivity (Wildman–Crippen MR) is 137 cm³/mol. The highest BCUT2D eigenvalue weighted by atomic mass is 35.5. The van der Waals surface area contributed by atoms with Crippen LogP contribution in [0.4, 0.5) is 5.95 Å². The Hall–Kier alpha value is -2.26. The standard InChI is InChI=1S/C25H35ClN6O2/c1-16(29-15-25(2,3)33-4)23(11-27)31-24-28-12-18-9-21(26)20(10-22(18)30-24)17-5-7-32(8-6-17)19-13-34-14-19/h9-12,17,19,27,29H,5-8,13-15H2,1-4H3,(H,28,30,31)/b23-16+,27-11?. The van der Waals surface area contributed by atoms with E-state index in [9.17, 15) is 0 Å². The van der Waals surface area contributed by atoms with Crippen LogP contribution in [0.3, 0.4) is 0 Å². The lowest BCUT2D eigenvalue weighted by Crippen LogP contribution is -2.51. The van der Waals surface area contributed by atoms with Gasteiger partial charge in [-0.05, 0) is 70.3 Å². The second kappa shape index (κ2) is 10.6. The quantitative estimate of drug-likeness (QED) is 0.458. The van der Waals surface area contributed by atoms with Gasteiger partial charge in [-0.2, -0.15) is 0 Å². The van der Waals surface area contributed by atoms with Gasteiger partial charge in [-0.1, -0.05) is 11.6 Å². The summed E-state index contributed by atoms with van der Waals surface area (Å²) in [5, 5.41) is 16.0. The van der Waals surface area contributed by atoms with E-state index in [0.29, 0.717) is 30.1 Å². The maximum atomic E-state index is 7.84. The lowest BCUT2D eigenvalue weighted by molar-refractivity contribution is -0.0712. The molecule has 2 aliphatic rings. The van der Waals surface area contributed by atoms with E-state index in [4.69, 9.17) is 31.5 Å². The number of rotatable bonds is 9. The SMILES string of the molecule is COC(C)(C)CN/C(C)=C(\C=N)Nc1ncc2cc(Cl)c(C3CCN(C4COC4)CC3)cc2n1. The van der Waals surface area contributed by atoms with Gasteiger partial charge in [0, 0.05) is 42.2 Å². The van der Waals surface area contributed by atoms with Crippen molar-refractivity contribution in [1.29, 1.82) is 5.41 Å². The first-order chi connectivity index (χ1) is 16.3. The number of benzene rings is 1. The minimum atomic E-state index is -0.314. The monoisotopic (exact) mass is 486 g/mol. The Bertz CT molecular complexity index is 1060. The average Bonchev–Trinajstić information content (AvgIpc) is 2.80. The summed E-state index contributed by atoms with van der Waals surface area (Å²) < 4.78 is 10.8. The van der Waals surface area contributed by atoms with Crippen molar-refractivity contribution < 1.29 is 9.47 Å². The van der Waals surface area contributed by atoms with Crippen LogP contribution >= 0.6 is 11.6 Å². The molecule has 4 rings (SSSR count). The molecule has 9 heteroatoms. The van der Waals surface area contributed by atoms with Gasteiger partial charge in [-0.3, -0.25) is 4.90 Å². The molecular weight excluding hydrogens is 452 g/mol. The largest absolute Gasteiger partial charge is 0.384 e. The number of hydrogen-bond acceptors (Lipinski definition) is 8. The number of methoxy groups -OCH3 is 1. The minimum absolute atomic E-state index is 0.314. The zero-order chi connectivity index (χ0) is 24.3. The molecule has 2 aromatic rings. The van der Waals surface area contributed by atoms with Gasteiger partial charge in [-0.25, -0.2) is 9.97 Å². The van der Waals surface area contributed by atoms with Crippen molar-refractivity contribution in [3.63, 3.8) is 0 Å². The van der Waals surface area contributed by atoms with E-state index in [2.05, 4.69) is 26.6 Å². The fourth-order valence-corrected chi connectivity index (χ4v) is 4.65. The molecule has 0 bridgehead atoms. The molecular formula is C25H35ClN6O2. The van der Waals surface area contributed by atoms with Gasteiger partial charge in [0.25, 0.3) is 0 Å². The van der Waals surface area contributed by atoms with Crippen LogP contribution < -0.4 is 10.6 Å². The van der Waals surface area contributed by atoms with Crippen molar-refractivity contribution in [2.45, 2.75) is 51.2 Å². The zero-order valence-electron chi connectivity index (χ0n) is 20.4. The maximum absolute atomic E-state index is 7.84. The molecule has 0 atom stereocenters. The minimum Gasteiger partial charge on any atom is -0.384 e. The van der Waals surface area contributed by atoms with Crippen molar-refractivity contribution in [2.24, 2.45) is 0 Å². The summed E-state index contributed by atoms with van der Waals surface area (Å²) in [6.45, 7) is 10.4. The molecule has 1 aromatic heterocycles. The smallest absolute Gasteiger partial charge is 0.227 e. The Labute approximate surface area is 206 Å². The van der Waals surface area contributed by atoms with Crippen LogP contribution in [0, 0.1) is 5.41 Å². The summed E-state index contributed by atoms with van der Waals surface area (Å²) in [5.74, 6) is 0.874. The van der Waals surface area contributed by atoms with E-state index in [1.807, 2.05) is 26.8 Å². The molecule has 1 aromatic carbocycles. The number of piperidine rings is 1. The van der Waals surface area contributed by atoms with Crippen LogP contribution in [-0.2, 0) is 9.47 Å². The summed E-state index contributed by atoms with van der Waals surface area (Å²) in [6, 6.07) is 4.66. The summed E-state index contributed by atoms with van der Waals surface area (Å²) in [7, 11) is 1.69. The van der Waals surface area contributed by atoms with Crippen LogP contribution in [-0.4, -0.2) is 72.7 Å². The first-order valence-corrected chi connectivity index (χ1v) is 12.2. The van der Waals surface area contributed by atoms with Gasteiger partial charge in [-0.15, -0.1) is 0 Å². The highest BCUT2D eigenvalue weighted by Gasteiger charge is 2.30. The Morgan fingerprint density at radius 1 is 1.32 bits per heavy atom. The number of nitrogens with one attached hydrogen (secondary N) is 3. The number of ether oxygens (including phenoxy) is 2. The molecule has 8 nitrogen and oxygen atoms in total. The topological polar surface area (TPSA) is 95.4 Å². The summed E-state index contributed by atoms with van der Waals surface area (Å²) in [4.78, 5) is 11.7. The number of nitrogens with zero attached hydrogens (tertiary/aromatic N) is 3. The van der Waals surface area contributed by atoms with E-state index in [-0.39, 0.29) is 5.60 Å². The molecule has 0 saturated carbocycles.